The molecule has 5 heteroatoms. The minimum atomic E-state index is -0.567. The zero-order valence-electron chi connectivity index (χ0n) is 9.54. The van der Waals surface area contributed by atoms with E-state index in [1.165, 1.54) is 0 Å². The third-order valence-corrected chi connectivity index (χ3v) is 3.07. The monoisotopic (exact) mass is 224 g/mol. The molecule has 0 amide bonds. The SMILES string of the molecule is CCc1c(O)nc(C2(C)CCCO2)[nH]c1=O. The summed E-state index contributed by atoms with van der Waals surface area (Å²) in [7, 11) is 0. The number of nitrogens with one attached hydrogen (secondary N) is 1. The van der Waals surface area contributed by atoms with Crippen LogP contribution in [0.3, 0.4) is 0 Å². The van der Waals surface area contributed by atoms with Gasteiger partial charge >= 0.3 is 0 Å². The molecule has 0 spiro atoms. The lowest BCUT2D eigenvalue weighted by atomic mass is 10.0. The Kier molecular flexibility index (Phi) is 2.71. The molecule has 1 aliphatic heterocycles. The Balaban J connectivity index is 2.48. The Labute approximate surface area is 93.5 Å². The first kappa shape index (κ1) is 11.1. The zero-order chi connectivity index (χ0) is 11.8. The third-order valence-electron chi connectivity index (χ3n) is 3.07. The predicted molar refractivity (Wildman–Crippen MR) is 58.4 cm³/mol. The van der Waals surface area contributed by atoms with Crippen molar-refractivity contribution in [1.29, 1.82) is 0 Å². The molecular weight excluding hydrogens is 208 g/mol. The van der Waals surface area contributed by atoms with Crippen molar-refractivity contribution in [3.8, 4) is 5.88 Å². The fourth-order valence-corrected chi connectivity index (χ4v) is 2.02. The maximum absolute atomic E-state index is 11.7. The van der Waals surface area contributed by atoms with Crippen molar-refractivity contribution < 1.29 is 9.84 Å². The summed E-state index contributed by atoms with van der Waals surface area (Å²) in [6.45, 7) is 4.35. The molecule has 0 aliphatic carbocycles. The summed E-state index contributed by atoms with van der Waals surface area (Å²) in [4.78, 5) is 18.4. The Bertz CT molecular complexity index is 447. The molecule has 0 aromatic carbocycles. The number of ether oxygens (including phenoxy) is 1. The lowest BCUT2D eigenvalue weighted by Gasteiger charge is -2.21. The smallest absolute Gasteiger partial charge is 0.258 e. The van der Waals surface area contributed by atoms with Crippen LogP contribution in [0.5, 0.6) is 5.88 Å². The molecule has 2 rings (SSSR count). The first-order chi connectivity index (χ1) is 7.57. The van der Waals surface area contributed by atoms with E-state index in [1.54, 1.807) is 6.92 Å². The number of H-pyrrole nitrogens is 1. The van der Waals surface area contributed by atoms with Crippen molar-refractivity contribution in [2.75, 3.05) is 6.61 Å². The van der Waals surface area contributed by atoms with E-state index < -0.39 is 5.60 Å². The van der Waals surface area contributed by atoms with Gasteiger partial charge in [-0.15, -0.1) is 0 Å². The summed E-state index contributed by atoms with van der Waals surface area (Å²) in [5.74, 6) is 0.239. The van der Waals surface area contributed by atoms with Crippen LogP contribution in [0.25, 0.3) is 0 Å². The first-order valence-electron chi connectivity index (χ1n) is 5.53. The second-order valence-electron chi connectivity index (χ2n) is 4.25. The van der Waals surface area contributed by atoms with Gasteiger partial charge in [0.1, 0.15) is 11.4 Å². The lowest BCUT2D eigenvalue weighted by Crippen LogP contribution is -2.28. The van der Waals surface area contributed by atoms with Crippen LogP contribution in [0.15, 0.2) is 4.79 Å². The summed E-state index contributed by atoms with van der Waals surface area (Å²) in [6, 6.07) is 0. The molecule has 0 saturated carbocycles. The number of aromatic amines is 1. The minimum Gasteiger partial charge on any atom is -0.493 e. The third kappa shape index (κ3) is 1.71. The molecule has 1 aromatic heterocycles. The second kappa shape index (κ2) is 3.90. The highest BCUT2D eigenvalue weighted by atomic mass is 16.5. The van der Waals surface area contributed by atoms with Gasteiger partial charge in [-0.25, -0.2) is 0 Å². The highest BCUT2D eigenvalue weighted by Gasteiger charge is 2.35. The minimum absolute atomic E-state index is 0.182. The standard InChI is InChI=1S/C11H16N2O3/c1-3-7-8(14)12-10(13-9(7)15)11(2)5-4-6-16-11/h3-6H2,1-2H3,(H2,12,13,14,15). The van der Waals surface area contributed by atoms with Gasteiger partial charge < -0.3 is 14.8 Å². The van der Waals surface area contributed by atoms with E-state index in [-0.39, 0.29) is 11.4 Å². The van der Waals surface area contributed by atoms with Crippen molar-refractivity contribution in [2.45, 2.75) is 38.7 Å². The van der Waals surface area contributed by atoms with E-state index in [0.29, 0.717) is 24.4 Å². The number of hydrogen-bond acceptors (Lipinski definition) is 4. The summed E-state index contributed by atoms with van der Waals surface area (Å²) in [5.41, 5.74) is -0.518. The molecule has 16 heavy (non-hydrogen) atoms. The Morgan fingerprint density at radius 2 is 2.38 bits per heavy atom. The molecule has 1 fully saturated rings. The molecule has 1 saturated heterocycles. The van der Waals surface area contributed by atoms with Gasteiger partial charge in [-0.1, -0.05) is 6.92 Å². The average Bonchev–Trinajstić information content (AvgIpc) is 2.66. The van der Waals surface area contributed by atoms with E-state index in [2.05, 4.69) is 9.97 Å². The van der Waals surface area contributed by atoms with E-state index >= 15 is 0 Å². The van der Waals surface area contributed by atoms with Gasteiger partial charge in [-0.2, -0.15) is 4.98 Å². The molecule has 88 valence electrons. The van der Waals surface area contributed by atoms with Crippen LogP contribution in [-0.2, 0) is 16.8 Å². The van der Waals surface area contributed by atoms with Crippen molar-refractivity contribution in [3.63, 3.8) is 0 Å². The topological polar surface area (TPSA) is 75.2 Å². The number of hydrogen-bond donors (Lipinski definition) is 2. The molecule has 2 N–H and O–H groups in total. The van der Waals surface area contributed by atoms with Crippen molar-refractivity contribution >= 4 is 0 Å². The summed E-state index contributed by atoms with van der Waals surface area (Å²) in [5, 5.41) is 9.66. The van der Waals surface area contributed by atoms with Crippen molar-refractivity contribution in [1.82, 2.24) is 9.97 Å². The number of aromatic hydroxyl groups is 1. The molecule has 1 aromatic rings. The molecule has 1 aliphatic rings. The molecule has 5 nitrogen and oxygen atoms in total. The fourth-order valence-electron chi connectivity index (χ4n) is 2.02. The molecular formula is C11H16N2O3. The summed E-state index contributed by atoms with van der Waals surface area (Å²) < 4.78 is 5.57. The number of nitrogens with zero attached hydrogens (tertiary/aromatic N) is 1. The van der Waals surface area contributed by atoms with Crippen LogP contribution in [0.4, 0.5) is 0 Å². The van der Waals surface area contributed by atoms with E-state index in [0.717, 1.165) is 12.8 Å². The molecule has 2 heterocycles. The van der Waals surface area contributed by atoms with Gasteiger partial charge in [0.25, 0.3) is 5.56 Å². The first-order valence-corrected chi connectivity index (χ1v) is 5.53. The van der Waals surface area contributed by atoms with Gasteiger partial charge in [0.2, 0.25) is 5.88 Å². The Morgan fingerprint density at radius 1 is 1.62 bits per heavy atom. The van der Waals surface area contributed by atoms with Crippen LogP contribution in [0, 0.1) is 0 Å². The van der Waals surface area contributed by atoms with E-state index in [4.69, 9.17) is 4.74 Å². The van der Waals surface area contributed by atoms with Crippen LogP contribution in [0.1, 0.15) is 38.1 Å². The van der Waals surface area contributed by atoms with Gasteiger partial charge in [0.05, 0.1) is 5.56 Å². The Hall–Kier alpha value is -1.36. The van der Waals surface area contributed by atoms with Crippen LogP contribution in [-0.4, -0.2) is 21.7 Å². The highest BCUT2D eigenvalue weighted by molar-refractivity contribution is 5.23. The van der Waals surface area contributed by atoms with E-state index in [9.17, 15) is 9.90 Å². The van der Waals surface area contributed by atoms with Gasteiger partial charge in [-0.05, 0) is 26.2 Å². The van der Waals surface area contributed by atoms with Gasteiger partial charge in [0.15, 0.2) is 0 Å². The van der Waals surface area contributed by atoms with Crippen LogP contribution in [0.2, 0.25) is 0 Å². The molecule has 1 unspecified atom stereocenters. The fraction of sp³-hybridized carbons (Fsp3) is 0.636. The molecule has 0 bridgehead atoms. The maximum Gasteiger partial charge on any atom is 0.258 e. The normalized spacial score (nSPS) is 24.9. The number of rotatable bonds is 2. The zero-order valence-corrected chi connectivity index (χ0v) is 9.54. The van der Waals surface area contributed by atoms with Gasteiger partial charge in [-0.3, -0.25) is 4.79 Å². The van der Waals surface area contributed by atoms with E-state index in [1.807, 2.05) is 6.92 Å². The van der Waals surface area contributed by atoms with Crippen molar-refractivity contribution in [2.24, 2.45) is 0 Å². The molecule has 0 radical (unpaired) electrons. The molecule has 1 atom stereocenters. The number of aromatic nitrogens is 2. The lowest BCUT2D eigenvalue weighted by molar-refractivity contribution is 0.00861. The van der Waals surface area contributed by atoms with Crippen LogP contribution < -0.4 is 5.56 Å². The maximum atomic E-state index is 11.7. The predicted octanol–water partition coefficient (Wildman–Crippen LogP) is 1.06. The summed E-state index contributed by atoms with van der Waals surface area (Å²) >= 11 is 0. The van der Waals surface area contributed by atoms with Crippen molar-refractivity contribution in [3.05, 3.63) is 21.7 Å². The average molecular weight is 224 g/mol. The quantitative estimate of drug-likeness (QED) is 0.787. The van der Waals surface area contributed by atoms with Crippen LogP contribution >= 0.6 is 0 Å². The second-order valence-corrected chi connectivity index (χ2v) is 4.25. The largest absolute Gasteiger partial charge is 0.493 e. The Morgan fingerprint density at radius 3 is 2.88 bits per heavy atom. The highest BCUT2D eigenvalue weighted by Crippen LogP contribution is 2.33. The summed E-state index contributed by atoms with van der Waals surface area (Å²) in [6.07, 6.45) is 2.21. The van der Waals surface area contributed by atoms with Gasteiger partial charge in [0, 0.05) is 6.61 Å².